The number of aliphatic imine (C=N–C) groups is 2. The molecule has 290 valence electrons. The molecule has 2 aliphatic rings. The van der Waals surface area contributed by atoms with E-state index in [-0.39, 0.29) is 6.71 Å². The van der Waals surface area contributed by atoms with Gasteiger partial charge in [-0.25, -0.2) is 15.0 Å². The number of para-hydroxylation sites is 4. The van der Waals surface area contributed by atoms with Gasteiger partial charge in [0.1, 0.15) is 0 Å². The van der Waals surface area contributed by atoms with Crippen LogP contribution in [-0.2, 0) is 4.57 Å². The number of nitrogens with zero attached hydrogens (tertiary/aromatic N) is 6. The number of benzene rings is 7. The molecule has 1 unspecified atom stereocenters. The average Bonchev–Trinajstić information content (AvgIpc) is 3.32. The van der Waals surface area contributed by atoms with Crippen LogP contribution >= 0.6 is 7.14 Å². The SMILES string of the molecule is C=NC(=N/C=C(\C)N(c1ccccc1)c1ccccc1)B1c2ccccc2P2(=O)c3ccccc3B(c3ncc(N(c4ccccc4)c4ccccc4)cn3)c3cccc1c32. The molecule has 7 aromatic carbocycles. The summed E-state index contributed by atoms with van der Waals surface area (Å²) in [6, 6.07) is 63.3. The molecule has 2 aliphatic heterocycles. The van der Waals surface area contributed by atoms with Crippen LogP contribution in [-0.4, -0.2) is 35.8 Å². The predicted octanol–water partition coefficient (Wildman–Crippen LogP) is 6.68. The zero-order valence-corrected chi connectivity index (χ0v) is 34.4. The molecular formula is C51H39B2N6OP. The number of anilines is 5. The lowest BCUT2D eigenvalue weighted by atomic mass is 9.35. The van der Waals surface area contributed by atoms with Gasteiger partial charge in [-0.3, -0.25) is 4.99 Å². The van der Waals surface area contributed by atoms with E-state index < -0.39 is 13.9 Å². The molecule has 61 heavy (non-hydrogen) atoms. The van der Waals surface area contributed by atoms with Crippen molar-refractivity contribution >= 4 is 105 Å². The highest BCUT2D eigenvalue weighted by molar-refractivity contribution is 7.88. The van der Waals surface area contributed by atoms with Crippen LogP contribution in [0.15, 0.2) is 222 Å². The molecule has 8 aromatic rings. The second-order valence-electron chi connectivity index (χ2n) is 15.1. The van der Waals surface area contributed by atoms with Crippen molar-refractivity contribution in [2.24, 2.45) is 9.98 Å². The number of fused-ring (bicyclic) bond motifs is 4. The highest BCUT2D eigenvalue weighted by Crippen LogP contribution is 2.44. The minimum Gasteiger partial charge on any atom is -0.313 e. The minimum atomic E-state index is -3.40. The third-order valence-electron chi connectivity index (χ3n) is 11.6. The molecule has 0 bridgehead atoms. The number of rotatable bonds is 9. The fourth-order valence-corrected chi connectivity index (χ4v) is 12.6. The molecule has 0 saturated carbocycles. The van der Waals surface area contributed by atoms with E-state index in [1.165, 1.54) is 0 Å². The first kappa shape index (κ1) is 37.9. The maximum Gasteiger partial charge on any atom is 0.291 e. The molecule has 0 spiro atoms. The normalized spacial score (nSPS) is 15.3. The second kappa shape index (κ2) is 16.0. The van der Waals surface area contributed by atoms with Gasteiger partial charge in [0, 0.05) is 50.6 Å². The zero-order chi connectivity index (χ0) is 41.3. The van der Waals surface area contributed by atoms with Crippen molar-refractivity contribution in [3.63, 3.8) is 0 Å². The largest absolute Gasteiger partial charge is 0.313 e. The van der Waals surface area contributed by atoms with E-state index in [1.807, 2.05) is 135 Å². The summed E-state index contributed by atoms with van der Waals surface area (Å²) < 4.78 is 16.3. The van der Waals surface area contributed by atoms with Gasteiger partial charge in [-0.1, -0.05) is 161 Å². The molecule has 7 nitrogen and oxygen atoms in total. The summed E-state index contributed by atoms with van der Waals surface area (Å²) in [5.41, 5.74) is 10.6. The van der Waals surface area contributed by atoms with Crippen LogP contribution in [0.5, 0.6) is 0 Å². The molecule has 0 radical (unpaired) electrons. The maximum absolute atomic E-state index is 16.3. The molecule has 1 aromatic heterocycles. The van der Waals surface area contributed by atoms with Gasteiger partial charge in [-0.2, -0.15) is 0 Å². The summed E-state index contributed by atoms with van der Waals surface area (Å²) in [5.74, 6) is 0. The third-order valence-corrected chi connectivity index (χ3v) is 14.9. The maximum atomic E-state index is 16.3. The van der Waals surface area contributed by atoms with Crippen LogP contribution in [0.4, 0.5) is 28.4 Å². The Kier molecular flexibility index (Phi) is 9.95. The second-order valence-corrected chi connectivity index (χ2v) is 17.7. The average molecular weight is 805 g/mol. The monoisotopic (exact) mass is 804 g/mol. The fourth-order valence-electron chi connectivity index (χ4n) is 9.04. The Balaban J connectivity index is 1.12. The lowest BCUT2D eigenvalue weighted by Crippen LogP contribution is -2.74. The van der Waals surface area contributed by atoms with Gasteiger partial charge in [0.25, 0.3) is 13.4 Å². The van der Waals surface area contributed by atoms with Gasteiger partial charge in [0.05, 0.1) is 29.5 Å². The van der Waals surface area contributed by atoms with Crippen LogP contribution in [0.1, 0.15) is 6.92 Å². The van der Waals surface area contributed by atoms with Crippen molar-refractivity contribution in [2.45, 2.75) is 6.92 Å². The molecule has 0 saturated heterocycles. The first-order valence-corrected chi connectivity index (χ1v) is 22.0. The molecule has 3 heterocycles. The van der Waals surface area contributed by atoms with Crippen LogP contribution in [0, 0.1) is 0 Å². The fraction of sp³-hybridized carbons (Fsp3) is 0.0196. The van der Waals surface area contributed by atoms with Crippen molar-refractivity contribution in [3.8, 4) is 0 Å². The molecule has 1 atom stereocenters. The first-order valence-electron chi connectivity index (χ1n) is 20.3. The van der Waals surface area contributed by atoms with Crippen molar-refractivity contribution in [3.05, 3.63) is 212 Å². The van der Waals surface area contributed by atoms with Gasteiger partial charge in [-0.05, 0) is 62.2 Å². The van der Waals surface area contributed by atoms with E-state index in [1.54, 1.807) is 0 Å². The van der Waals surface area contributed by atoms with Crippen molar-refractivity contribution in [2.75, 3.05) is 9.80 Å². The van der Waals surface area contributed by atoms with E-state index in [0.717, 1.165) is 71.9 Å². The van der Waals surface area contributed by atoms with E-state index in [4.69, 9.17) is 15.0 Å². The van der Waals surface area contributed by atoms with Crippen LogP contribution in [0.2, 0.25) is 0 Å². The van der Waals surface area contributed by atoms with Gasteiger partial charge >= 0.3 is 0 Å². The molecule has 10 rings (SSSR count). The Morgan fingerprint density at radius 3 is 1.57 bits per heavy atom. The molecule has 0 aliphatic carbocycles. The molecule has 0 N–H and O–H groups in total. The molecule has 0 amide bonds. The Morgan fingerprint density at radius 2 is 1.02 bits per heavy atom. The van der Waals surface area contributed by atoms with Crippen LogP contribution < -0.4 is 53.3 Å². The first-order chi connectivity index (χ1) is 30.1. The van der Waals surface area contributed by atoms with E-state index in [0.29, 0.717) is 11.5 Å². The lowest BCUT2D eigenvalue weighted by Gasteiger charge is -2.39. The van der Waals surface area contributed by atoms with E-state index in [9.17, 15) is 0 Å². The summed E-state index contributed by atoms with van der Waals surface area (Å²) in [5, 5.41) is 2.39. The number of hydrogen-bond acceptors (Lipinski definition) is 6. The third kappa shape index (κ3) is 6.55. The summed E-state index contributed by atoms with van der Waals surface area (Å²) >= 11 is 0. The van der Waals surface area contributed by atoms with Crippen molar-refractivity contribution in [1.29, 1.82) is 0 Å². The summed E-state index contributed by atoms with van der Waals surface area (Å²) in [7, 11) is -3.40. The predicted molar refractivity (Wildman–Crippen MR) is 258 cm³/mol. The quantitative estimate of drug-likeness (QED) is 0.0706. The summed E-state index contributed by atoms with van der Waals surface area (Å²) in [6.45, 7) is 5.30. The van der Waals surface area contributed by atoms with Crippen molar-refractivity contribution < 1.29 is 4.57 Å². The molecule has 10 heteroatoms. The summed E-state index contributed by atoms with van der Waals surface area (Å²) in [6.07, 6.45) is 5.64. The molecular weight excluding hydrogens is 765 g/mol. The van der Waals surface area contributed by atoms with Gasteiger partial charge in [0.2, 0.25) is 0 Å². The van der Waals surface area contributed by atoms with E-state index in [2.05, 4.69) is 100 Å². The van der Waals surface area contributed by atoms with Gasteiger partial charge in [0.15, 0.2) is 7.14 Å². The Labute approximate surface area is 357 Å². The van der Waals surface area contributed by atoms with E-state index >= 15 is 4.57 Å². The summed E-state index contributed by atoms with van der Waals surface area (Å²) in [4.78, 5) is 24.3. The standard InChI is InChI=1S/C51H39B2N6OP/c1-37(58(38-20-7-3-8-21-38)39-22-9-4-10-23-39)34-55-50(54-2)52-43-28-15-17-32-47(43)61(60)48-33-18-16-29-44(48)53(46-31-19-30-45(52)49(46)61)51-56-35-42(36-57-51)59(40-24-11-5-12-25-40)41-26-13-6-14-27-41/h3-36H,2H2,1H3/b37-34+,55-50?. The molecule has 0 fully saturated rings. The van der Waals surface area contributed by atoms with Crippen LogP contribution in [0.25, 0.3) is 0 Å². The zero-order valence-electron chi connectivity index (χ0n) is 33.5. The lowest BCUT2D eigenvalue weighted by molar-refractivity contribution is 0.592. The number of allylic oxidation sites excluding steroid dienone is 1. The van der Waals surface area contributed by atoms with Crippen molar-refractivity contribution in [1.82, 2.24) is 9.97 Å². The Morgan fingerprint density at radius 1 is 0.557 bits per heavy atom. The topological polar surface area (TPSA) is 74.1 Å². The number of hydrogen-bond donors (Lipinski definition) is 0. The number of amidine groups is 1. The van der Waals surface area contributed by atoms with Crippen LogP contribution in [0.3, 0.4) is 0 Å². The Bertz CT molecular complexity index is 2920. The highest BCUT2D eigenvalue weighted by atomic mass is 31.2. The minimum absolute atomic E-state index is 0.375. The highest BCUT2D eigenvalue weighted by Gasteiger charge is 2.52. The van der Waals surface area contributed by atoms with Gasteiger partial charge in [-0.15, -0.1) is 0 Å². The number of aromatic nitrogens is 2. The van der Waals surface area contributed by atoms with Gasteiger partial charge < -0.3 is 14.4 Å². The Hall–Kier alpha value is -7.34. The smallest absolute Gasteiger partial charge is 0.291 e.